The van der Waals surface area contributed by atoms with Crippen molar-refractivity contribution in [3.8, 4) is 0 Å². The van der Waals surface area contributed by atoms with Gasteiger partial charge in [0.25, 0.3) is 0 Å². The van der Waals surface area contributed by atoms with Crippen molar-refractivity contribution >= 4 is 17.9 Å². The summed E-state index contributed by atoms with van der Waals surface area (Å²) in [6, 6.07) is -0.161. The van der Waals surface area contributed by atoms with Crippen LogP contribution >= 0.6 is 0 Å². The zero-order chi connectivity index (χ0) is 15.2. The monoisotopic (exact) mass is 298 g/mol. The van der Waals surface area contributed by atoms with E-state index >= 15 is 0 Å². The van der Waals surface area contributed by atoms with Gasteiger partial charge in [-0.1, -0.05) is 0 Å². The van der Waals surface area contributed by atoms with Gasteiger partial charge < -0.3 is 20.6 Å². The molecule has 3 N–H and O–H groups in total. The number of carbonyl (C=O) groups is 3. The highest BCUT2D eigenvalue weighted by Crippen LogP contribution is 2.28. The number of rotatable bonds is 6. The fourth-order valence-corrected chi connectivity index (χ4v) is 2.26. The molecule has 2 fully saturated rings. The Bertz CT molecular complexity index is 403. The number of amides is 3. The van der Waals surface area contributed by atoms with Crippen LogP contribution in [0.1, 0.15) is 12.8 Å². The first kappa shape index (κ1) is 15.6. The number of hydrogen-bond acceptors (Lipinski definition) is 4. The van der Waals surface area contributed by atoms with E-state index in [2.05, 4.69) is 10.6 Å². The van der Waals surface area contributed by atoms with E-state index < -0.39 is 5.97 Å². The maximum atomic E-state index is 11.9. The first-order valence-corrected chi connectivity index (χ1v) is 7.31. The van der Waals surface area contributed by atoms with Gasteiger partial charge in [0.1, 0.15) is 0 Å². The van der Waals surface area contributed by atoms with E-state index in [9.17, 15) is 14.4 Å². The fourth-order valence-electron chi connectivity index (χ4n) is 2.26. The van der Waals surface area contributed by atoms with Crippen molar-refractivity contribution in [3.05, 3.63) is 0 Å². The van der Waals surface area contributed by atoms with E-state index in [-0.39, 0.29) is 24.4 Å². The van der Waals surface area contributed by atoms with Crippen molar-refractivity contribution in [2.45, 2.75) is 12.8 Å². The van der Waals surface area contributed by atoms with Crippen LogP contribution in [-0.4, -0.2) is 78.6 Å². The molecule has 0 unspecified atom stereocenters. The van der Waals surface area contributed by atoms with E-state index in [4.69, 9.17) is 5.11 Å². The number of hydrogen-bond donors (Lipinski definition) is 3. The molecule has 2 aliphatic rings. The number of urea groups is 1. The zero-order valence-electron chi connectivity index (χ0n) is 12.0. The van der Waals surface area contributed by atoms with Crippen molar-refractivity contribution in [2.24, 2.45) is 5.92 Å². The summed E-state index contributed by atoms with van der Waals surface area (Å²) in [5.74, 6) is -0.589. The van der Waals surface area contributed by atoms with E-state index in [1.807, 2.05) is 4.90 Å². The predicted molar refractivity (Wildman–Crippen MR) is 74.8 cm³/mol. The van der Waals surface area contributed by atoms with Gasteiger partial charge in [-0.25, -0.2) is 4.79 Å². The molecular formula is C13H22N4O4. The molecule has 2 rings (SSSR count). The maximum absolute atomic E-state index is 11.9. The highest BCUT2D eigenvalue weighted by atomic mass is 16.4. The van der Waals surface area contributed by atoms with Crippen LogP contribution in [0.2, 0.25) is 0 Å². The second kappa shape index (κ2) is 7.26. The Morgan fingerprint density at radius 2 is 1.62 bits per heavy atom. The molecular weight excluding hydrogens is 276 g/mol. The SMILES string of the molecule is O=C(O)CN1CCN(C(=O)NCCNC(=O)C2CC2)CC1. The number of piperazine rings is 1. The highest BCUT2D eigenvalue weighted by Gasteiger charge is 2.29. The molecule has 3 amide bonds. The Kier molecular flexibility index (Phi) is 5.38. The Labute approximate surface area is 123 Å². The lowest BCUT2D eigenvalue weighted by molar-refractivity contribution is -0.138. The van der Waals surface area contributed by atoms with E-state index in [0.717, 1.165) is 12.8 Å². The summed E-state index contributed by atoms with van der Waals surface area (Å²) in [4.78, 5) is 37.3. The lowest BCUT2D eigenvalue weighted by atomic mass is 10.3. The molecule has 0 spiro atoms. The number of nitrogens with one attached hydrogen (secondary N) is 2. The molecule has 1 aliphatic carbocycles. The summed E-state index contributed by atoms with van der Waals surface area (Å²) in [7, 11) is 0. The maximum Gasteiger partial charge on any atom is 0.317 e. The van der Waals surface area contributed by atoms with E-state index in [1.165, 1.54) is 0 Å². The first-order chi connectivity index (χ1) is 10.1. The van der Waals surface area contributed by atoms with Gasteiger partial charge in [0.2, 0.25) is 5.91 Å². The molecule has 0 radical (unpaired) electrons. The van der Waals surface area contributed by atoms with E-state index in [0.29, 0.717) is 39.3 Å². The zero-order valence-corrected chi connectivity index (χ0v) is 12.0. The summed E-state index contributed by atoms with van der Waals surface area (Å²) in [5, 5.41) is 14.2. The van der Waals surface area contributed by atoms with Crippen LogP contribution in [0.4, 0.5) is 4.79 Å². The summed E-state index contributed by atoms with van der Waals surface area (Å²) in [5.41, 5.74) is 0. The van der Waals surface area contributed by atoms with Crippen molar-refractivity contribution in [3.63, 3.8) is 0 Å². The minimum Gasteiger partial charge on any atom is -0.480 e. The quantitative estimate of drug-likeness (QED) is 0.542. The number of aliphatic carboxylic acids is 1. The lowest BCUT2D eigenvalue weighted by Gasteiger charge is -2.33. The fraction of sp³-hybridized carbons (Fsp3) is 0.769. The Morgan fingerprint density at radius 1 is 1.00 bits per heavy atom. The molecule has 1 heterocycles. The largest absolute Gasteiger partial charge is 0.480 e. The van der Waals surface area contributed by atoms with Crippen molar-refractivity contribution in [2.75, 3.05) is 45.8 Å². The molecule has 1 aliphatic heterocycles. The van der Waals surface area contributed by atoms with Crippen molar-refractivity contribution in [1.29, 1.82) is 0 Å². The molecule has 118 valence electrons. The second-order valence-electron chi connectivity index (χ2n) is 5.45. The third-order valence-corrected chi connectivity index (χ3v) is 3.67. The highest BCUT2D eigenvalue weighted by molar-refractivity contribution is 5.81. The lowest BCUT2D eigenvalue weighted by Crippen LogP contribution is -2.53. The topological polar surface area (TPSA) is 102 Å². The van der Waals surface area contributed by atoms with Gasteiger partial charge in [-0.05, 0) is 12.8 Å². The third-order valence-electron chi connectivity index (χ3n) is 3.67. The summed E-state index contributed by atoms with van der Waals surface area (Å²) in [6.45, 7) is 3.05. The predicted octanol–water partition coefficient (Wildman–Crippen LogP) is -1.08. The van der Waals surface area contributed by atoms with Crippen molar-refractivity contribution in [1.82, 2.24) is 20.4 Å². The summed E-state index contributed by atoms with van der Waals surface area (Å²) >= 11 is 0. The van der Waals surface area contributed by atoms with Crippen LogP contribution in [0, 0.1) is 5.92 Å². The standard InChI is InChI=1S/C13H22N4O4/c18-11(19)9-16-5-7-17(8-6-16)13(21)15-4-3-14-12(20)10-1-2-10/h10H,1-9H2,(H,14,20)(H,15,21)(H,18,19). The van der Waals surface area contributed by atoms with Crippen LogP contribution in [0.3, 0.4) is 0 Å². The Hall–Kier alpha value is -1.83. The normalized spacial score (nSPS) is 19.1. The van der Waals surface area contributed by atoms with Crippen LogP contribution < -0.4 is 10.6 Å². The molecule has 1 saturated carbocycles. The number of carboxylic acid groups (broad SMARTS) is 1. The molecule has 0 aromatic heterocycles. The van der Waals surface area contributed by atoms with Gasteiger partial charge in [0.15, 0.2) is 0 Å². The molecule has 0 aromatic rings. The van der Waals surface area contributed by atoms with Crippen LogP contribution in [0.25, 0.3) is 0 Å². The molecule has 8 heteroatoms. The summed E-state index contributed by atoms with van der Waals surface area (Å²) in [6.07, 6.45) is 1.94. The van der Waals surface area contributed by atoms with Gasteiger partial charge in [0.05, 0.1) is 6.54 Å². The van der Waals surface area contributed by atoms with Gasteiger partial charge >= 0.3 is 12.0 Å². The average molecular weight is 298 g/mol. The Balaban J connectivity index is 1.56. The molecule has 1 saturated heterocycles. The van der Waals surface area contributed by atoms with E-state index in [1.54, 1.807) is 4.90 Å². The average Bonchev–Trinajstić information content (AvgIpc) is 3.28. The second-order valence-corrected chi connectivity index (χ2v) is 5.45. The van der Waals surface area contributed by atoms with Crippen LogP contribution in [0.15, 0.2) is 0 Å². The number of nitrogens with zero attached hydrogens (tertiary/aromatic N) is 2. The molecule has 0 aromatic carbocycles. The molecule has 8 nitrogen and oxygen atoms in total. The third kappa shape index (κ3) is 5.22. The molecule has 0 atom stereocenters. The van der Waals surface area contributed by atoms with Gasteiger partial charge in [-0.3, -0.25) is 14.5 Å². The first-order valence-electron chi connectivity index (χ1n) is 7.31. The van der Waals surface area contributed by atoms with Crippen LogP contribution in [0.5, 0.6) is 0 Å². The Morgan fingerprint density at radius 3 is 2.19 bits per heavy atom. The minimum atomic E-state index is -0.848. The summed E-state index contributed by atoms with van der Waals surface area (Å²) < 4.78 is 0. The van der Waals surface area contributed by atoms with Crippen LogP contribution in [-0.2, 0) is 9.59 Å². The molecule has 0 bridgehead atoms. The van der Waals surface area contributed by atoms with Gasteiger partial charge in [-0.2, -0.15) is 0 Å². The van der Waals surface area contributed by atoms with Gasteiger partial charge in [0, 0.05) is 45.2 Å². The number of carbonyl (C=O) groups excluding carboxylic acids is 2. The van der Waals surface area contributed by atoms with Gasteiger partial charge in [-0.15, -0.1) is 0 Å². The minimum absolute atomic E-state index is 0.0165. The number of carboxylic acids is 1. The smallest absolute Gasteiger partial charge is 0.317 e. The van der Waals surface area contributed by atoms with Crippen molar-refractivity contribution < 1.29 is 19.5 Å². The molecule has 21 heavy (non-hydrogen) atoms.